The fourth-order valence-corrected chi connectivity index (χ4v) is 2.65. The van der Waals surface area contributed by atoms with Crippen molar-refractivity contribution in [3.63, 3.8) is 0 Å². The molecule has 0 aliphatic heterocycles. The van der Waals surface area contributed by atoms with Gasteiger partial charge in [-0.25, -0.2) is 0 Å². The Morgan fingerprint density at radius 2 is 2.11 bits per heavy atom. The van der Waals surface area contributed by atoms with Crippen molar-refractivity contribution in [3.8, 4) is 0 Å². The monoisotopic (exact) mass is 264 g/mol. The summed E-state index contributed by atoms with van der Waals surface area (Å²) in [7, 11) is 4.09. The van der Waals surface area contributed by atoms with E-state index in [0.29, 0.717) is 6.54 Å². The molecular weight excluding hydrogens is 244 g/mol. The maximum absolute atomic E-state index is 12.0. The summed E-state index contributed by atoms with van der Waals surface area (Å²) in [5, 5.41) is 2.90. The molecule has 1 aromatic heterocycles. The molecule has 1 aliphatic rings. The summed E-state index contributed by atoms with van der Waals surface area (Å²) in [4.78, 5) is 31.5. The number of rotatable bonds is 4. The molecule has 6 heteroatoms. The second-order valence-corrected chi connectivity index (χ2v) is 5.32. The Hall–Kier alpha value is -1.69. The molecule has 0 atom stereocenters. The average molecular weight is 264 g/mol. The first-order chi connectivity index (χ1) is 9.03. The standard InChI is InChI=1S/C13H20N4O2/c1-17(2)13(5-3-4-6-13)9-15-12(19)10-7-14-8-11(18)16-10/h7-8H,3-6,9H2,1-2H3,(H,15,19)(H,16,18). The first-order valence-electron chi connectivity index (χ1n) is 6.53. The van der Waals surface area contributed by atoms with Crippen LogP contribution in [0.15, 0.2) is 17.2 Å². The first kappa shape index (κ1) is 13.7. The van der Waals surface area contributed by atoms with Gasteiger partial charge in [0.25, 0.3) is 11.5 Å². The van der Waals surface area contributed by atoms with E-state index in [2.05, 4.69) is 20.2 Å². The highest BCUT2D eigenvalue weighted by molar-refractivity contribution is 5.91. The first-order valence-corrected chi connectivity index (χ1v) is 6.53. The number of hydrogen-bond acceptors (Lipinski definition) is 4. The number of carbonyl (C=O) groups excluding carboxylic acids is 1. The van der Waals surface area contributed by atoms with Crippen LogP contribution in [0.25, 0.3) is 0 Å². The molecule has 1 aromatic rings. The molecular formula is C13H20N4O2. The van der Waals surface area contributed by atoms with Crippen LogP contribution in [-0.4, -0.2) is 47.0 Å². The third-order valence-corrected chi connectivity index (χ3v) is 3.96. The minimum atomic E-state index is -0.365. The van der Waals surface area contributed by atoms with E-state index in [1.54, 1.807) is 0 Å². The number of aromatic amines is 1. The highest BCUT2D eigenvalue weighted by atomic mass is 16.2. The lowest BCUT2D eigenvalue weighted by Gasteiger charge is -2.36. The summed E-state index contributed by atoms with van der Waals surface area (Å²) < 4.78 is 0. The SMILES string of the molecule is CN(C)C1(CNC(=O)c2cncc(=O)[nH]2)CCCC1. The lowest BCUT2D eigenvalue weighted by atomic mass is 9.96. The molecule has 0 saturated heterocycles. The van der Waals surface area contributed by atoms with Gasteiger partial charge in [0, 0.05) is 12.1 Å². The molecule has 2 N–H and O–H groups in total. The molecule has 0 radical (unpaired) electrons. The van der Waals surface area contributed by atoms with Gasteiger partial charge in [-0.1, -0.05) is 12.8 Å². The molecule has 1 amide bonds. The quantitative estimate of drug-likeness (QED) is 0.824. The van der Waals surface area contributed by atoms with Crippen LogP contribution in [-0.2, 0) is 0 Å². The third-order valence-electron chi connectivity index (χ3n) is 3.96. The molecule has 1 heterocycles. The van der Waals surface area contributed by atoms with Gasteiger partial charge in [-0.05, 0) is 26.9 Å². The van der Waals surface area contributed by atoms with E-state index in [-0.39, 0.29) is 22.7 Å². The number of hydrogen-bond donors (Lipinski definition) is 2. The van der Waals surface area contributed by atoms with E-state index in [1.807, 2.05) is 14.1 Å². The minimum Gasteiger partial charge on any atom is -0.349 e. The number of aromatic nitrogens is 2. The summed E-state index contributed by atoms with van der Waals surface area (Å²) in [5.74, 6) is -0.279. The highest BCUT2D eigenvalue weighted by Crippen LogP contribution is 2.33. The predicted molar refractivity (Wildman–Crippen MR) is 72.1 cm³/mol. The largest absolute Gasteiger partial charge is 0.349 e. The number of likely N-dealkylation sites (N-methyl/N-ethyl adjacent to an activating group) is 1. The van der Waals surface area contributed by atoms with Gasteiger partial charge in [0.1, 0.15) is 5.69 Å². The Morgan fingerprint density at radius 1 is 1.42 bits per heavy atom. The fraction of sp³-hybridized carbons (Fsp3) is 0.615. The zero-order chi connectivity index (χ0) is 13.9. The van der Waals surface area contributed by atoms with Crippen LogP contribution < -0.4 is 10.9 Å². The molecule has 1 fully saturated rings. The van der Waals surface area contributed by atoms with Crippen molar-refractivity contribution < 1.29 is 4.79 Å². The molecule has 2 rings (SSSR count). The Morgan fingerprint density at radius 3 is 2.68 bits per heavy atom. The van der Waals surface area contributed by atoms with Gasteiger partial charge in [-0.2, -0.15) is 0 Å². The molecule has 0 unspecified atom stereocenters. The molecule has 1 saturated carbocycles. The van der Waals surface area contributed by atoms with Crippen molar-refractivity contribution in [2.75, 3.05) is 20.6 Å². The van der Waals surface area contributed by atoms with Crippen molar-refractivity contribution in [2.24, 2.45) is 0 Å². The van der Waals surface area contributed by atoms with E-state index in [4.69, 9.17) is 0 Å². The Labute approximate surface area is 112 Å². The number of nitrogens with one attached hydrogen (secondary N) is 2. The Balaban J connectivity index is 2.02. The van der Waals surface area contributed by atoms with Crippen LogP contribution in [0.1, 0.15) is 36.2 Å². The third kappa shape index (κ3) is 3.01. The van der Waals surface area contributed by atoms with Crippen molar-refractivity contribution in [3.05, 3.63) is 28.4 Å². The molecule has 19 heavy (non-hydrogen) atoms. The average Bonchev–Trinajstić information content (AvgIpc) is 2.86. The molecule has 0 bridgehead atoms. The molecule has 1 aliphatic carbocycles. The van der Waals surface area contributed by atoms with E-state index in [9.17, 15) is 9.59 Å². The Kier molecular flexibility index (Phi) is 3.99. The van der Waals surface area contributed by atoms with Gasteiger partial charge in [-0.15, -0.1) is 0 Å². The molecule has 0 spiro atoms. The number of amides is 1. The summed E-state index contributed by atoms with van der Waals surface area (Å²) in [6, 6.07) is 0. The maximum Gasteiger partial charge on any atom is 0.269 e. The highest BCUT2D eigenvalue weighted by Gasteiger charge is 2.36. The number of carbonyl (C=O) groups is 1. The van der Waals surface area contributed by atoms with E-state index in [0.717, 1.165) is 19.0 Å². The molecule has 104 valence electrons. The van der Waals surface area contributed by atoms with Crippen LogP contribution in [0.2, 0.25) is 0 Å². The smallest absolute Gasteiger partial charge is 0.269 e. The summed E-state index contributed by atoms with van der Waals surface area (Å²) in [6.45, 7) is 0.593. The zero-order valence-corrected chi connectivity index (χ0v) is 11.4. The van der Waals surface area contributed by atoms with Crippen molar-refractivity contribution >= 4 is 5.91 Å². The lowest BCUT2D eigenvalue weighted by molar-refractivity contribution is 0.0894. The molecule has 6 nitrogen and oxygen atoms in total. The topological polar surface area (TPSA) is 78.1 Å². The van der Waals surface area contributed by atoms with Crippen LogP contribution in [0.5, 0.6) is 0 Å². The molecule has 0 aromatic carbocycles. The fourth-order valence-electron chi connectivity index (χ4n) is 2.65. The van der Waals surface area contributed by atoms with Gasteiger partial charge in [-0.3, -0.25) is 14.6 Å². The van der Waals surface area contributed by atoms with E-state index >= 15 is 0 Å². The van der Waals surface area contributed by atoms with Gasteiger partial charge in [0.15, 0.2) is 0 Å². The van der Waals surface area contributed by atoms with Crippen LogP contribution in [0, 0.1) is 0 Å². The lowest BCUT2D eigenvalue weighted by Crippen LogP contribution is -2.51. The maximum atomic E-state index is 12.0. The predicted octanol–water partition coefficient (Wildman–Crippen LogP) is 0.374. The van der Waals surface area contributed by atoms with Gasteiger partial charge < -0.3 is 15.2 Å². The number of nitrogens with zero attached hydrogens (tertiary/aromatic N) is 2. The second-order valence-electron chi connectivity index (χ2n) is 5.32. The van der Waals surface area contributed by atoms with Crippen molar-refractivity contribution in [1.29, 1.82) is 0 Å². The normalized spacial score (nSPS) is 17.6. The van der Waals surface area contributed by atoms with Crippen LogP contribution in [0.4, 0.5) is 0 Å². The summed E-state index contributed by atoms with van der Waals surface area (Å²) in [5.41, 5.74) is -0.117. The summed E-state index contributed by atoms with van der Waals surface area (Å²) in [6.07, 6.45) is 7.08. The van der Waals surface area contributed by atoms with Crippen LogP contribution in [0.3, 0.4) is 0 Å². The van der Waals surface area contributed by atoms with Gasteiger partial charge >= 0.3 is 0 Å². The minimum absolute atomic E-state index is 0.0398. The van der Waals surface area contributed by atoms with Crippen LogP contribution >= 0.6 is 0 Å². The van der Waals surface area contributed by atoms with Gasteiger partial charge in [0.2, 0.25) is 0 Å². The van der Waals surface area contributed by atoms with E-state index < -0.39 is 0 Å². The zero-order valence-electron chi connectivity index (χ0n) is 11.4. The number of H-pyrrole nitrogens is 1. The Bertz CT molecular complexity index is 503. The summed E-state index contributed by atoms with van der Waals surface area (Å²) >= 11 is 0. The van der Waals surface area contributed by atoms with Gasteiger partial charge in [0.05, 0.1) is 12.4 Å². The second kappa shape index (κ2) is 5.52. The van der Waals surface area contributed by atoms with E-state index in [1.165, 1.54) is 19.0 Å². The van der Waals surface area contributed by atoms with Crippen molar-refractivity contribution in [1.82, 2.24) is 20.2 Å². The van der Waals surface area contributed by atoms with Crippen molar-refractivity contribution in [2.45, 2.75) is 31.2 Å².